The second-order valence-electron chi connectivity index (χ2n) is 10.6. The largest absolute Gasteiger partial charge is 0.103 e. The average Bonchev–Trinajstić information content (AvgIpc) is 2.90. The first-order valence-electron chi connectivity index (χ1n) is 11.1. The Balaban J connectivity index is 0.000000934. The Morgan fingerprint density at radius 2 is 1.76 bits per heavy atom. The molecule has 142 valence electrons. The maximum absolute atomic E-state index is 4.19. The van der Waals surface area contributed by atoms with Gasteiger partial charge < -0.3 is 0 Å². The summed E-state index contributed by atoms with van der Waals surface area (Å²) in [6.45, 7) is 9.52. The number of fused-ring (bicyclic) bond motifs is 5. The lowest BCUT2D eigenvalue weighted by Gasteiger charge is -2.61. The fourth-order valence-electron chi connectivity index (χ4n) is 8.47. The Morgan fingerprint density at radius 1 is 1.00 bits per heavy atom. The second-order valence-corrected chi connectivity index (χ2v) is 10.6. The molecule has 5 rings (SSSR count). The van der Waals surface area contributed by atoms with E-state index in [2.05, 4.69) is 44.7 Å². The molecule has 0 N–H and O–H groups in total. The predicted molar refractivity (Wildman–Crippen MR) is 112 cm³/mol. The van der Waals surface area contributed by atoms with E-state index in [0.717, 1.165) is 35.5 Å². The number of hydrogen-bond donors (Lipinski definition) is 0. The molecule has 5 aliphatic carbocycles. The number of rotatable bonds is 2. The highest BCUT2D eigenvalue weighted by Gasteiger charge is 2.59. The van der Waals surface area contributed by atoms with E-state index in [1.165, 1.54) is 57.8 Å². The van der Waals surface area contributed by atoms with Gasteiger partial charge in [0.2, 0.25) is 0 Å². The zero-order valence-electron chi connectivity index (χ0n) is 16.3. The summed E-state index contributed by atoms with van der Waals surface area (Å²) < 4.78 is 0. The summed E-state index contributed by atoms with van der Waals surface area (Å²) in [7, 11) is 0. The zero-order valence-corrected chi connectivity index (χ0v) is 16.3. The van der Waals surface area contributed by atoms with Crippen molar-refractivity contribution >= 4 is 0 Å². The molecule has 0 bridgehead atoms. The van der Waals surface area contributed by atoms with E-state index < -0.39 is 0 Å². The Hall–Kier alpha value is -0.780. The van der Waals surface area contributed by atoms with Crippen LogP contribution in [0.3, 0.4) is 0 Å². The molecule has 0 amide bonds. The molecule has 5 aliphatic rings. The second kappa shape index (κ2) is 5.61. The summed E-state index contributed by atoms with van der Waals surface area (Å²) in [5.74, 6) is 5.68. The average molecular weight is 343 g/mol. The van der Waals surface area contributed by atoms with Gasteiger partial charge in [-0.15, -0.1) is 6.58 Å². The fourth-order valence-corrected chi connectivity index (χ4v) is 8.47. The minimum absolute atomic E-state index is 0. The van der Waals surface area contributed by atoms with E-state index in [0.29, 0.717) is 10.8 Å². The van der Waals surface area contributed by atoms with Gasteiger partial charge in [0.25, 0.3) is 0 Å². The van der Waals surface area contributed by atoms with Gasteiger partial charge in [-0.25, -0.2) is 0 Å². The van der Waals surface area contributed by atoms with Gasteiger partial charge in [-0.2, -0.15) is 0 Å². The van der Waals surface area contributed by atoms with Crippen molar-refractivity contribution in [3.63, 3.8) is 0 Å². The normalized spacial score (nSPS) is 53.9. The minimum Gasteiger partial charge on any atom is -0.103 e. The molecule has 0 aliphatic heterocycles. The molecule has 8 atom stereocenters. The van der Waals surface area contributed by atoms with Crippen molar-refractivity contribution in [1.82, 2.24) is 0 Å². The van der Waals surface area contributed by atoms with Crippen LogP contribution in [0.2, 0.25) is 0 Å². The Labute approximate surface area is 159 Å². The van der Waals surface area contributed by atoms with Gasteiger partial charge in [0, 0.05) is 4.28 Å². The molecule has 0 nitrogen and oxygen atoms in total. The van der Waals surface area contributed by atoms with Crippen LogP contribution in [0.15, 0.2) is 36.5 Å². The van der Waals surface area contributed by atoms with Crippen LogP contribution in [0.5, 0.6) is 0 Å². The third-order valence-corrected chi connectivity index (χ3v) is 10.1. The molecular weight excluding hydrogens is 300 g/mol. The molecule has 4 fully saturated rings. The molecule has 0 aromatic rings. The van der Waals surface area contributed by atoms with Crippen LogP contribution in [-0.2, 0) is 0 Å². The van der Waals surface area contributed by atoms with E-state index >= 15 is 0 Å². The van der Waals surface area contributed by atoms with Crippen LogP contribution in [-0.4, -0.2) is 0 Å². The summed E-state index contributed by atoms with van der Waals surface area (Å²) in [6, 6.07) is 0. The minimum atomic E-state index is 0. The third kappa shape index (κ3) is 2.18. The summed E-state index contributed by atoms with van der Waals surface area (Å²) in [5.41, 5.74) is 2.87. The number of allylic oxidation sites excluding steroid dienone is 5. The molecule has 0 aromatic carbocycles. The van der Waals surface area contributed by atoms with E-state index in [9.17, 15) is 0 Å². The Kier molecular flexibility index (Phi) is 3.68. The first kappa shape index (κ1) is 16.4. The zero-order chi connectivity index (χ0) is 17.2. The lowest BCUT2D eigenvalue weighted by atomic mass is 9.44. The third-order valence-electron chi connectivity index (χ3n) is 10.1. The maximum Gasteiger partial charge on any atom is 0 e. The first-order valence-corrected chi connectivity index (χ1v) is 11.1. The van der Waals surface area contributed by atoms with Crippen LogP contribution in [0.1, 0.15) is 75.9 Å². The molecular formula is C25H42. The van der Waals surface area contributed by atoms with Gasteiger partial charge in [-0.1, -0.05) is 38.2 Å². The monoisotopic (exact) mass is 342 g/mol. The van der Waals surface area contributed by atoms with Gasteiger partial charge in [0.1, 0.15) is 0 Å². The summed E-state index contributed by atoms with van der Waals surface area (Å²) in [5, 5.41) is 0. The summed E-state index contributed by atoms with van der Waals surface area (Å²) in [6.07, 6.45) is 22.6. The lowest BCUT2D eigenvalue weighted by Crippen LogP contribution is -2.53. The highest BCUT2D eigenvalue weighted by molar-refractivity contribution is 5.37. The molecule has 25 heavy (non-hydrogen) atoms. The van der Waals surface area contributed by atoms with Crippen molar-refractivity contribution in [3.8, 4) is 0 Å². The lowest BCUT2D eigenvalue weighted by molar-refractivity contribution is -0.113. The standard InChI is InChI=1S/C25H36.3H2/c1-4-19-9-11-22-21-10-8-20-16-18(17-6-5-7-17)12-14-25(20,3)23(21)13-15-24(19,22)2;;;/h4-7,18-23H,1,8-16H2,2-3H3;3*1H/t18-,19-,20?,21?,22?,23?,24+,25-;;;/m0.../s1. The fraction of sp³-hybridized carbons (Fsp3) is 0.760. The molecule has 4 saturated carbocycles. The molecule has 0 spiro atoms. The van der Waals surface area contributed by atoms with Crippen LogP contribution < -0.4 is 0 Å². The van der Waals surface area contributed by atoms with Crippen LogP contribution >= 0.6 is 0 Å². The van der Waals surface area contributed by atoms with Crippen LogP contribution in [0.25, 0.3) is 0 Å². The highest BCUT2D eigenvalue weighted by atomic mass is 14.6. The SMILES string of the molecule is C=C[C@H]1CCC2C3CCC4C[C@@H](C5=CC=C5)CC[C@]4(C)C3CC[C@@]21C.[HH].[HH].[HH]. The quantitative estimate of drug-likeness (QED) is 0.451. The molecule has 0 aromatic heterocycles. The van der Waals surface area contributed by atoms with Gasteiger partial charge in [-0.05, 0) is 110 Å². The molecule has 0 radical (unpaired) electrons. The van der Waals surface area contributed by atoms with Crippen LogP contribution in [0.4, 0.5) is 0 Å². The summed E-state index contributed by atoms with van der Waals surface area (Å²) >= 11 is 0. The number of hydrogen-bond acceptors (Lipinski definition) is 0. The van der Waals surface area contributed by atoms with E-state index in [1.807, 2.05) is 0 Å². The van der Waals surface area contributed by atoms with Gasteiger partial charge >= 0.3 is 0 Å². The molecule has 0 saturated heterocycles. The van der Waals surface area contributed by atoms with E-state index in [-0.39, 0.29) is 4.28 Å². The molecule has 0 heterocycles. The Morgan fingerprint density at radius 3 is 2.48 bits per heavy atom. The topological polar surface area (TPSA) is 0 Å². The highest BCUT2D eigenvalue weighted by Crippen LogP contribution is 2.68. The van der Waals surface area contributed by atoms with Crippen molar-refractivity contribution in [1.29, 1.82) is 0 Å². The predicted octanol–water partition coefficient (Wildman–Crippen LogP) is 7.68. The summed E-state index contributed by atoms with van der Waals surface area (Å²) in [4.78, 5) is 0. The van der Waals surface area contributed by atoms with Crippen molar-refractivity contribution in [3.05, 3.63) is 36.5 Å². The van der Waals surface area contributed by atoms with E-state index in [4.69, 9.17) is 0 Å². The first-order chi connectivity index (χ1) is 12.1. The maximum atomic E-state index is 4.19. The molecule has 0 heteroatoms. The van der Waals surface area contributed by atoms with E-state index in [1.54, 1.807) is 5.57 Å². The van der Waals surface area contributed by atoms with Gasteiger partial charge in [0.05, 0.1) is 0 Å². The van der Waals surface area contributed by atoms with Crippen molar-refractivity contribution in [2.45, 2.75) is 71.6 Å². The smallest absolute Gasteiger partial charge is 0 e. The van der Waals surface area contributed by atoms with Crippen molar-refractivity contribution in [2.75, 3.05) is 0 Å². The van der Waals surface area contributed by atoms with Crippen molar-refractivity contribution < 1.29 is 4.28 Å². The molecule has 4 unspecified atom stereocenters. The van der Waals surface area contributed by atoms with Crippen molar-refractivity contribution in [2.24, 2.45) is 46.3 Å². The van der Waals surface area contributed by atoms with Gasteiger partial charge in [-0.3, -0.25) is 0 Å². The van der Waals surface area contributed by atoms with Gasteiger partial charge in [0.15, 0.2) is 0 Å². The Bertz CT molecular complexity index is 638. The van der Waals surface area contributed by atoms with Crippen LogP contribution in [0, 0.1) is 46.3 Å².